The molecule has 0 bridgehead atoms. The molecule has 1 atom stereocenters. The van der Waals surface area contributed by atoms with Gasteiger partial charge in [-0.05, 0) is 6.07 Å². The summed E-state index contributed by atoms with van der Waals surface area (Å²) in [4.78, 5) is 0. The van der Waals surface area contributed by atoms with Crippen LogP contribution in [0.3, 0.4) is 0 Å². The number of aliphatic hydroxyl groups is 1. The Kier molecular flexibility index (Phi) is 2.69. The molecule has 15 heavy (non-hydrogen) atoms. The smallest absolute Gasteiger partial charge is 0.125 e. The topological polar surface area (TPSA) is 58.1 Å². The number of nitrogens with one attached hydrogen (secondary N) is 1. The van der Waals surface area contributed by atoms with Crippen LogP contribution in [-0.2, 0) is 0 Å². The van der Waals surface area contributed by atoms with Crippen LogP contribution in [0.5, 0.6) is 5.75 Å². The van der Waals surface area contributed by atoms with Gasteiger partial charge in [-0.25, -0.2) is 0 Å². The van der Waals surface area contributed by atoms with Crippen LogP contribution in [0.1, 0.15) is 17.2 Å². The predicted molar refractivity (Wildman–Crippen MR) is 55.6 cm³/mol. The molecule has 0 saturated carbocycles. The maximum Gasteiger partial charge on any atom is 0.125 e. The zero-order valence-electron chi connectivity index (χ0n) is 8.34. The van der Waals surface area contributed by atoms with E-state index in [1.54, 1.807) is 19.5 Å². The molecule has 0 amide bonds. The third kappa shape index (κ3) is 1.85. The zero-order valence-corrected chi connectivity index (χ0v) is 8.34. The summed E-state index contributed by atoms with van der Waals surface area (Å²) >= 11 is 0. The number of rotatable bonds is 3. The minimum atomic E-state index is -0.708. The third-order valence-corrected chi connectivity index (χ3v) is 2.27. The number of nitrogens with zero attached hydrogens (tertiary/aromatic N) is 1. The molecule has 1 aromatic heterocycles. The van der Waals surface area contributed by atoms with E-state index in [1.807, 2.05) is 24.3 Å². The first-order valence-corrected chi connectivity index (χ1v) is 4.62. The first-order valence-electron chi connectivity index (χ1n) is 4.62. The fourth-order valence-electron chi connectivity index (χ4n) is 1.48. The summed E-state index contributed by atoms with van der Waals surface area (Å²) in [5.74, 6) is 0.672. The normalized spacial score (nSPS) is 12.4. The van der Waals surface area contributed by atoms with E-state index < -0.39 is 6.10 Å². The van der Waals surface area contributed by atoms with Crippen molar-refractivity contribution in [2.24, 2.45) is 0 Å². The third-order valence-electron chi connectivity index (χ3n) is 2.27. The molecule has 4 heteroatoms. The van der Waals surface area contributed by atoms with Crippen LogP contribution in [0.4, 0.5) is 0 Å². The van der Waals surface area contributed by atoms with Crippen molar-refractivity contribution in [2.75, 3.05) is 7.11 Å². The molecule has 2 aromatic rings. The molecule has 0 aliphatic carbocycles. The molecular formula is C11H12N2O2. The highest BCUT2D eigenvalue weighted by Crippen LogP contribution is 2.28. The molecule has 1 unspecified atom stereocenters. The molecule has 0 radical (unpaired) electrons. The van der Waals surface area contributed by atoms with Crippen molar-refractivity contribution >= 4 is 0 Å². The Morgan fingerprint density at radius 3 is 2.87 bits per heavy atom. The van der Waals surface area contributed by atoms with Crippen LogP contribution in [0.15, 0.2) is 36.7 Å². The summed E-state index contributed by atoms with van der Waals surface area (Å²) in [6.07, 6.45) is 2.55. The number of methoxy groups -OCH3 is 1. The summed E-state index contributed by atoms with van der Waals surface area (Å²) in [6, 6.07) is 7.38. The van der Waals surface area contributed by atoms with Crippen molar-refractivity contribution in [3.8, 4) is 5.75 Å². The molecule has 78 valence electrons. The molecular weight excluding hydrogens is 192 g/mol. The quantitative estimate of drug-likeness (QED) is 0.796. The Morgan fingerprint density at radius 1 is 1.40 bits per heavy atom. The number of hydrogen-bond donors (Lipinski definition) is 2. The highest BCUT2D eigenvalue weighted by Gasteiger charge is 2.15. The zero-order chi connectivity index (χ0) is 10.7. The summed E-state index contributed by atoms with van der Waals surface area (Å²) in [5, 5.41) is 16.5. The van der Waals surface area contributed by atoms with Crippen LogP contribution < -0.4 is 4.74 Å². The number of hydrogen-bond acceptors (Lipinski definition) is 3. The highest BCUT2D eigenvalue weighted by atomic mass is 16.5. The van der Waals surface area contributed by atoms with E-state index in [-0.39, 0.29) is 0 Å². The molecule has 0 fully saturated rings. The Labute approximate surface area is 87.5 Å². The lowest BCUT2D eigenvalue weighted by Crippen LogP contribution is -2.00. The van der Waals surface area contributed by atoms with Crippen LogP contribution in [0, 0.1) is 0 Å². The van der Waals surface area contributed by atoms with Gasteiger partial charge in [0, 0.05) is 17.3 Å². The average Bonchev–Trinajstić information content (AvgIpc) is 2.81. The van der Waals surface area contributed by atoms with Gasteiger partial charge in [0.05, 0.1) is 13.3 Å². The van der Waals surface area contributed by atoms with Gasteiger partial charge in [-0.15, -0.1) is 0 Å². The van der Waals surface area contributed by atoms with E-state index in [0.717, 1.165) is 11.1 Å². The molecule has 2 N–H and O–H groups in total. The molecule has 1 aromatic carbocycles. The Hall–Kier alpha value is -1.81. The molecule has 4 nitrogen and oxygen atoms in total. The second kappa shape index (κ2) is 4.14. The van der Waals surface area contributed by atoms with E-state index >= 15 is 0 Å². The molecule has 0 saturated heterocycles. The van der Waals surface area contributed by atoms with Gasteiger partial charge in [0.15, 0.2) is 0 Å². The van der Waals surface area contributed by atoms with E-state index in [1.165, 1.54) is 0 Å². The van der Waals surface area contributed by atoms with Crippen LogP contribution >= 0.6 is 0 Å². The lowest BCUT2D eigenvalue weighted by Gasteiger charge is -2.12. The lowest BCUT2D eigenvalue weighted by molar-refractivity contribution is 0.215. The largest absolute Gasteiger partial charge is 0.496 e. The second-order valence-corrected chi connectivity index (χ2v) is 3.18. The number of benzene rings is 1. The maximum atomic E-state index is 10.1. The van der Waals surface area contributed by atoms with Crippen molar-refractivity contribution < 1.29 is 9.84 Å². The van der Waals surface area contributed by atoms with Crippen molar-refractivity contribution in [1.82, 2.24) is 10.2 Å². The van der Waals surface area contributed by atoms with Gasteiger partial charge >= 0.3 is 0 Å². The number of aromatic amines is 1. The van der Waals surface area contributed by atoms with Crippen molar-refractivity contribution in [1.29, 1.82) is 0 Å². The second-order valence-electron chi connectivity index (χ2n) is 3.18. The molecule has 1 heterocycles. The summed E-state index contributed by atoms with van der Waals surface area (Å²) in [7, 11) is 1.58. The van der Waals surface area contributed by atoms with Gasteiger partial charge in [0.1, 0.15) is 11.9 Å². The summed E-state index contributed by atoms with van der Waals surface area (Å²) < 4.78 is 5.17. The van der Waals surface area contributed by atoms with Crippen molar-refractivity contribution in [3.63, 3.8) is 0 Å². The van der Waals surface area contributed by atoms with Crippen molar-refractivity contribution in [2.45, 2.75) is 6.10 Å². The Bertz CT molecular complexity index is 426. The lowest BCUT2D eigenvalue weighted by atomic mass is 10.0. The molecule has 2 rings (SSSR count). The van der Waals surface area contributed by atoms with Gasteiger partial charge in [0.2, 0.25) is 0 Å². The number of H-pyrrole nitrogens is 1. The van der Waals surface area contributed by atoms with E-state index in [4.69, 9.17) is 4.74 Å². The van der Waals surface area contributed by atoms with Gasteiger partial charge in [-0.1, -0.05) is 18.2 Å². The summed E-state index contributed by atoms with van der Waals surface area (Å²) in [5.41, 5.74) is 1.46. The minimum absolute atomic E-state index is 0.672. The van der Waals surface area contributed by atoms with Crippen LogP contribution in [0.2, 0.25) is 0 Å². The molecule has 0 aliphatic heterocycles. The van der Waals surface area contributed by atoms with Gasteiger partial charge in [0.25, 0.3) is 0 Å². The maximum absolute atomic E-state index is 10.1. The Morgan fingerprint density at radius 2 is 2.20 bits per heavy atom. The highest BCUT2D eigenvalue weighted by molar-refractivity contribution is 5.39. The van der Waals surface area contributed by atoms with Gasteiger partial charge in [-0.2, -0.15) is 5.10 Å². The molecule has 0 aliphatic rings. The summed E-state index contributed by atoms with van der Waals surface area (Å²) in [6.45, 7) is 0. The number of aromatic nitrogens is 2. The Balaban J connectivity index is 2.37. The number of ether oxygens (including phenoxy) is 1. The van der Waals surface area contributed by atoms with E-state index in [2.05, 4.69) is 10.2 Å². The number of para-hydroxylation sites is 1. The van der Waals surface area contributed by atoms with E-state index in [0.29, 0.717) is 5.75 Å². The average molecular weight is 204 g/mol. The van der Waals surface area contributed by atoms with Gasteiger partial charge < -0.3 is 9.84 Å². The predicted octanol–water partition coefficient (Wildman–Crippen LogP) is 1.50. The fourth-order valence-corrected chi connectivity index (χ4v) is 1.48. The standard InChI is InChI=1S/C11H12N2O2/c1-15-10-5-3-2-4-9(10)11(14)8-6-12-13-7-8/h2-7,11,14H,1H3,(H,12,13). The first-order chi connectivity index (χ1) is 7.33. The van der Waals surface area contributed by atoms with E-state index in [9.17, 15) is 5.11 Å². The van der Waals surface area contributed by atoms with Crippen LogP contribution in [-0.4, -0.2) is 22.4 Å². The first kappa shape index (κ1) is 9.73. The SMILES string of the molecule is COc1ccccc1C(O)c1cn[nH]c1. The minimum Gasteiger partial charge on any atom is -0.496 e. The van der Waals surface area contributed by atoms with Gasteiger partial charge in [-0.3, -0.25) is 5.10 Å². The molecule has 0 spiro atoms. The fraction of sp³-hybridized carbons (Fsp3) is 0.182. The monoisotopic (exact) mass is 204 g/mol. The number of aliphatic hydroxyl groups excluding tert-OH is 1. The van der Waals surface area contributed by atoms with Crippen molar-refractivity contribution in [3.05, 3.63) is 47.8 Å². The van der Waals surface area contributed by atoms with Crippen LogP contribution in [0.25, 0.3) is 0 Å².